The van der Waals surface area contributed by atoms with Crippen LogP contribution in [-0.4, -0.2) is 66.9 Å². The maximum absolute atomic E-state index is 12.2. The molecule has 29 heavy (non-hydrogen) atoms. The normalized spacial score (nSPS) is 27.3. The lowest BCUT2D eigenvalue weighted by Crippen LogP contribution is -2.43. The molecule has 12 heteroatoms. The number of aromatic nitrogens is 4. The second-order valence-electron chi connectivity index (χ2n) is 6.36. The summed E-state index contributed by atoms with van der Waals surface area (Å²) in [5.74, 6) is 0.229. The number of aromatic amines is 1. The Labute approximate surface area is 169 Å². The SMILES string of the molecule is [2H]n1c(N)nc(=O)c2ncn([C@]3(Sc4ccc(OC)cc4)O[C@H](CO)[C@@H](O)[C@H]3O)c21. The Kier molecular flexibility index (Phi) is 4.64. The molecule has 0 bridgehead atoms. The van der Waals surface area contributed by atoms with Gasteiger partial charge in [0.15, 0.2) is 6.93 Å². The predicted octanol–water partition coefficient (Wildman–Crippen LogP) is -0.774. The van der Waals surface area contributed by atoms with E-state index >= 15 is 0 Å². The van der Waals surface area contributed by atoms with Crippen molar-refractivity contribution in [2.24, 2.45) is 0 Å². The number of aliphatic hydroxyl groups excluding tert-OH is 3. The van der Waals surface area contributed by atoms with Crippen LogP contribution in [0.5, 0.6) is 5.75 Å². The van der Waals surface area contributed by atoms with Crippen LogP contribution < -0.4 is 16.0 Å². The second kappa shape index (κ2) is 7.31. The monoisotopic (exact) mass is 422 g/mol. The van der Waals surface area contributed by atoms with Gasteiger partial charge in [-0.3, -0.25) is 9.36 Å². The molecule has 0 amide bonds. The first kappa shape index (κ1) is 18.4. The molecule has 0 spiro atoms. The number of imidazole rings is 1. The molecule has 1 aliphatic heterocycles. The minimum absolute atomic E-state index is 0.0849. The Bertz CT molecular complexity index is 1140. The zero-order valence-electron chi connectivity index (χ0n) is 16.2. The summed E-state index contributed by atoms with van der Waals surface area (Å²) in [5, 5.41) is 29.2. The van der Waals surface area contributed by atoms with Gasteiger partial charge >= 0.3 is 5.56 Å². The Morgan fingerprint density at radius 3 is 2.79 bits per heavy atom. The van der Waals surface area contributed by atoms with Crippen molar-refractivity contribution in [1.82, 2.24) is 19.5 Å². The van der Waals surface area contributed by atoms with Gasteiger partial charge in [-0.1, -0.05) is 11.8 Å². The molecule has 0 unspecified atom stereocenters. The molecule has 3 heterocycles. The molecule has 1 aromatic carbocycles. The molecule has 0 saturated carbocycles. The molecule has 11 nitrogen and oxygen atoms in total. The number of aliphatic hydroxyl groups is 3. The summed E-state index contributed by atoms with van der Waals surface area (Å²) >= 11 is 1.01. The number of hydrogen-bond donors (Lipinski definition) is 5. The number of nitrogens with zero attached hydrogens (tertiary/aromatic N) is 3. The van der Waals surface area contributed by atoms with Crippen molar-refractivity contribution in [1.29, 1.82) is 0 Å². The Hall–Kier alpha value is -2.64. The largest absolute Gasteiger partial charge is 0.497 e. The van der Waals surface area contributed by atoms with Gasteiger partial charge in [0.25, 0.3) is 0 Å². The van der Waals surface area contributed by atoms with E-state index in [0.29, 0.717) is 15.6 Å². The third-order valence-corrected chi connectivity index (χ3v) is 5.95. The van der Waals surface area contributed by atoms with Crippen LogP contribution in [0.4, 0.5) is 5.95 Å². The van der Waals surface area contributed by atoms with Crippen LogP contribution in [0.1, 0.15) is 0 Å². The van der Waals surface area contributed by atoms with E-state index in [2.05, 4.69) is 9.97 Å². The van der Waals surface area contributed by atoms with Gasteiger partial charge in [0, 0.05) is 4.90 Å². The zero-order valence-corrected chi connectivity index (χ0v) is 16.0. The number of methoxy groups -OCH3 is 1. The van der Waals surface area contributed by atoms with E-state index in [1.165, 1.54) is 18.0 Å². The lowest BCUT2D eigenvalue weighted by molar-refractivity contribution is -0.0776. The number of ether oxygens (including phenoxy) is 2. The molecule has 154 valence electrons. The third kappa shape index (κ3) is 3.14. The van der Waals surface area contributed by atoms with Crippen LogP contribution in [-0.2, 0) is 9.79 Å². The molecule has 4 atom stereocenters. The van der Waals surface area contributed by atoms with E-state index in [-0.39, 0.29) is 17.1 Å². The number of rotatable bonds is 5. The highest BCUT2D eigenvalue weighted by molar-refractivity contribution is 8.00. The number of hydrogen-bond acceptors (Lipinski definition) is 10. The van der Waals surface area contributed by atoms with Crippen molar-refractivity contribution < 1.29 is 26.2 Å². The zero-order chi connectivity index (χ0) is 21.6. The Morgan fingerprint density at radius 2 is 2.17 bits per heavy atom. The fraction of sp³-hybridized carbons (Fsp3) is 0.353. The lowest BCUT2D eigenvalue weighted by atomic mass is 10.1. The van der Waals surface area contributed by atoms with Gasteiger partial charge in [0.2, 0.25) is 11.0 Å². The van der Waals surface area contributed by atoms with Gasteiger partial charge in [-0.15, -0.1) is 0 Å². The highest BCUT2D eigenvalue weighted by atomic mass is 32.2. The van der Waals surface area contributed by atoms with Crippen LogP contribution in [0, 0.1) is 0 Å². The molecule has 6 N–H and O–H groups in total. The number of nitrogens with one attached hydrogen (secondary N) is 1. The molecule has 1 fully saturated rings. The molecule has 1 aliphatic rings. The van der Waals surface area contributed by atoms with E-state index in [1.807, 2.05) is 0 Å². The topological polar surface area (TPSA) is 169 Å². The van der Waals surface area contributed by atoms with Crippen LogP contribution in [0.25, 0.3) is 11.2 Å². The summed E-state index contributed by atoms with van der Waals surface area (Å²) in [5.41, 5.74) is 4.67. The summed E-state index contributed by atoms with van der Waals surface area (Å²) in [6, 6.07) is 6.82. The molecule has 3 aromatic rings. The van der Waals surface area contributed by atoms with Crippen molar-refractivity contribution in [2.45, 2.75) is 28.3 Å². The number of benzene rings is 1. The van der Waals surface area contributed by atoms with E-state index in [0.717, 1.165) is 11.8 Å². The van der Waals surface area contributed by atoms with Crippen molar-refractivity contribution in [2.75, 3.05) is 19.5 Å². The van der Waals surface area contributed by atoms with Crippen LogP contribution in [0.3, 0.4) is 0 Å². The maximum Gasteiger partial charge on any atom is 0.302 e. The van der Waals surface area contributed by atoms with Gasteiger partial charge in [0.05, 0.1) is 13.7 Å². The summed E-state index contributed by atoms with van der Waals surface area (Å²) in [4.78, 5) is 21.1. The first-order chi connectivity index (χ1) is 14.3. The average molecular weight is 422 g/mol. The van der Waals surface area contributed by atoms with Crippen LogP contribution in [0.2, 0.25) is 1.41 Å². The quantitative estimate of drug-likeness (QED) is 0.352. The summed E-state index contributed by atoms with van der Waals surface area (Å²) in [7, 11) is 1.53. The van der Waals surface area contributed by atoms with Crippen molar-refractivity contribution >= 4 is 28.9 Å². The van der Waals surface area contributed by atoms with Gasteiger partial charge in [0.1, 0.15) is 36.0 Å². The first-order valence-corrected chi connectivity index (χ1v) is 9.37. The molecule has 2 aromatic heterocycles. The molecule has 0 radical (unpaired) electrons. The van der Waals surface area contributed by atoms with E-state index in [4.69, 9.17) is 16.6 Å². The van der Waals surface area contributed by atoms with Crippen LogP contribution >= 0.6 is 11.8 Å². The molecular formula is C17H19N5O6S. The number of thioether (sulfide) groups is 1. The van der Waals surface area contributed by atoms with Crippen LogP contribution in [0.15, 0.2) is 40.3 Å². The molecule has 4 rings (SSSR count). The highest BCUT2D eigenvalue weighted by Crippen LogP contribution is 2.49. The number of fused-ring (bicyclic) bond motifs is 1. The number of nitrogen functional groups attached to an aromatic ring is 1. The third-order valence-electron chi connectivity index (χ3n) is 4.62. The van der Waals surface area contributed by atoms with Gasteiger partial charge < -0.3 is 35.5 Å². The smallest absolute Gasteiger partial charge is 0.302 e. The van der Waals surface area contributed by atoms with Crippen molar-refractivity contribution in [3.05, 3.63) is 40.9 Å². The molecule has 0 aliphatic carbocycles. The standard InChI is InChI=1S/C17H19N5O6S/c1-27-8-2-4-9(5-3-8)29-17(13(25)12(24)10(6-23)28-17)22-7-19-11-14(22)20-16(18)21-15(11)26/h2-5,7,10,12-13,23-25H,6H2,1H3,(H3,18,20,21,26)/t10-,12-,13-,17+/m1/s1/i/hD. The number of H-pyrrole nitrogens is 1. The van der Waals surface area contributed by atoms with E-state index < -0.39 is 35.5 Å². The molecule has 1 saturated heterocycles. The minimum atomic E-state index is -1.76. The summed E-state index contributed by atoms with van der Waals surface area (Å²) in [6.45, 7) is -0.562. The van der Waals surface area contributed by atoms with Gasteiger partial charge in [-0.2, -0.15) is 4.98 Å². The Balaban J connectivity index is 1.93. The average Bonchev–Trinajstić information content (AvgIpc) is 3.29. The fourth-order valence-corrected chi connectivity index (χ4v) is 4.46. The van der Waals surface area contributed by atoms with Crippen molar-refractivity contribution in [3.63, 3.8) is 0 Å². The highest BCUT2D eigenvalue weighted by Gasteiger charge is 2.57. The first-order valence-electron chi connectivity index (χ1n) is 9.00. The van der Waals surface area contributed by atoms with Gasteiger partial charge in [-0.05, 0) is 24.3 Å². The Morgan fingerprint density at radius 1 is 1.45 bits per heavy atom. The number of nitrogens with two attached hydrogens (primary N) is 1. The maximum atomic E-state index is 12.2. The summed E-state index contributed by atoms with van der Waals surface area (Å²) < 4.78 is 20.5. The van der Waals surface area contributed by atoms with Gasteiger partial charge in [-0.25, -0.2) is 4.98 Å². The number of anilines is 1. The van der Waals surface area contributed by atoms with Crippen molar-refractivity contribution in [3.8, 4) is 5.75 Å². The van der Waals surface area contributed by atoms with E-state index in [9.17, 15) is 20.1 Å². The van der Waals surface area contributed by atoms with E-state index in [1.54, 1.807) is 24.3 Å². The second-order valence-corrected chi connectivity index (χ2v) is 7.62. The summed E-state index contributed by atoms with van der Waals surface area (Å²) in [6.07, 6.45) is -2.91. The predicted molar refractivity (Wildman–Crippen MR) is 103 cm³/mol. The lowest BCUT2D eigenvalue weighted by Gasteiger charge is -2.33. The molecular weight excluding hydrogens is 402 g/mol. The fourth-order valence-electron chi connectivity index (χ4n) is 3.18. The minimum Gasteiger partial charge on any atom is -0.497 e.